The van der Waals surface area contributed by atoms with Gasteiger partial charge in [-0.2, -0.15) is 0 Å². The SMILES string of the molecule is Cc1ccc2nc(-c3ccc(NC(=O)C(C)N4C(=O)c5ccccc5S4(=O)=O)cc3)sc2c1. The first-order chi connectivity index (χ1) is 15.8. The van der Waals surface area contributed by atoms with Crippen molar-refractivity contribution in [1.82, 2.24) is 9.29 Å². The smallest absolute Gasteiger partial charge is 0.269 e. The van der Waals surface area contributed by atoms with Crippen LogP contribution in [-0.4, -0.2) is 35.6 Å². The Morgan fingerprint density at radius 3 is 2.52 bits per heavy atom. The number of hydrogen-bond donors (Lipinski definition) is 1. The van der Waals surface area contributed by atoms with Gasteiger partial charge in [0.15, 0.2) is 0 Å². The lowest BCUT2D eigenvalue weighted by Crippen LogP contribution is -2.45. The minimum atomic E-state index is -4.07. The highest BCUT2D eigenvalue weighted by molar-refractivity contribution is 7.90. The summed E-state index contributed by atoms with van der Waals surface area (Å²) in [5, 5.41) is 3.57. The van der Waals surface area contributed by atoms with Crippen molar-refractivity contribution >= 4 is 49.1 Å². The number of hydrogen-bond acceptors (Lipinski definition) is 6. The number of thiazole rings is 1. The summed E-state index contributed by atoms with van der Waals surface area (Å²) >= 11 is 1.59. The van der Waals surface area contributed by atoms with Gasteiger partial charge < -0.3 is 5.32 Å². The highest BCUT2D eigenvalue weighted by Gasteiger charge is 2.45. The van der Waals surface area contributed by atoms with Crippen LogP contribution in [0.1, 0.15) is 22.8 Å². The predicted octanol–water partition coefficient (Wildman–Crippen LogP) is 4.44. The molecule has 1 atom stereocenters. The molecule has 3 aromatic carbocycles. The van der Waals surface area contributed by atoms with Crippen LogP contribution in [0.25, 0.3) is 20.8 Å². The van der Waals surface area contributed by atoms with Crippen LogP contribution in [0.4, 0.5) is 5.69 Å². The molecule has 0 saturated carbocycles. The number of fused-ring (bicyclic) bond motifs is 2. The quantitative estimate of drug-likeness (QED) is 0.469. The average Bonchev–Trinajstić information content (AvgIpc) is 3.30. The monoisotopic (exact) mass is 477 g/mol. The van der Waals surface area contributed by atoms with Gasteiger partial charge >= 0.3 is 0 Å². The zero-order valence-electron chi connectivity index (χ0n) is 17.8. The molecule has 0 spiro atoms. The van der Waals surface area contributed by atoms with Crippen molar-refractivity contribution in [2.24, 2.45) is 0 Å². The van der Waals surface area contributed by atoms with Gasteiger partial charge in [-0.25, -0.2) is 17.7 Å². The number of anilines is 1. The number of sulfonamides is 1. The molecule has 4 aromatic rings. The Hall–Kier alpha value is -3.56. The molecule has 1 aliphatic heterocycles. The van der Waals surface area contributed by atoms with Gasteiger partial charge in [0, 0.05) is 11.3 Å². The summed E-state index contributed by atoms with van der Waals surface area (Å²) < 4.78 is 27.4. The third-order valence-corrected chi connectivity index (χ3v) is 8.51. The van der Waals surface area contributed by atoms with Crippen molar-refractivity contribution in [2.45, 2.75) is 24.8 Å². The van der Waals surface area contributed by atoms with Crippen LogP contribution in [0, 0.1) is 6.92 Å². The highest BCUT2D eigenvalue weighted by Crippen LogP contribution is 2.33. The molecule has 2 heterocycles. The van der Waals surface area contributed by atoms with Crippen LogP contribution in [0.5, 0.6) is 0 Å². The second-order valence-corrected chi connectivity index (χ2v) is 10.6. The summed E-state index contributed by atoms with van der Waals surface area (Å²) in [5.74, 6) is -1.29. The molecule has 1 aliphatic rings. The van der Waals surface area contributed by atoms with Gasteiger partial charge in [-0.3, -0.25) is 9.59 Å². The van der Waals surface area contributed by atoms with E-state index in [1.807, 2.05) is 31.2 Å². The fourth-order valence-corrected chi connectivity index (χ4v) is 6.58. The van der Waals surface area contributed by atoms with E-state index in [1.54, 1.807) is 35.6 Å². The van der Waals surface area contributed by atoms with Crippen LogP contribution < -0.4 is 5.32 Å². The van der Waals surface area contributed by atoms with Crippen LogP contribution in [0.15, 0.2) is 71.6 Å². The second kappa shape index (κ2) is 7.79. The Morgan fingerprint density at radius 1 is 1.06 bits per heavy atom. The summed E-state index contributed by atoms with van der Waals surface area (Å²) in [6, 6.07) is 18.0. The zero-order valence-corrected chi connectivity index (χ0v) is 19.4. The largest absolute Gasteiger partial charge is 0.324 e. The predicted molar refractivity (Wildman–Crippen MR) is 128 cm³/mol. The first kappa shape index (κ1) is 21.3. The minimum Gasteiger partial charge on any atom is -0.324 e. The van der Waals surface area contributed by atoms with E-state index in [1.165, 1.54) is 24.6 Å². The highest BCUT2D eigenvalue weighted by atomic mass is 32.2. The lowest BCUT2D eigenvalue weighted by atomic mass is 10.2. The summed E-state index contributed by atoms with van der Waals surface area (Å²) in [6.07, 6.45) is 0. The fraction of sp³-hybridized carbons (Fsp3) is 0.125. The van der Waals surface area contributed by atoms with Crippen LogP contribution in [0.3, 0.4) is 0 Å². The third-order valence-electron chi connectivity index (χ3n) is 5.53. The Morgan fingerprint density at radius 2 is 1.79 bits per heavy atom. The van der Waals surface area contributed by atoms with Gasteiger partial charge in [0.25, 0.3) is 15.9 Å². The number of benzene rings is 3. The molecular weight excluding hydrogens is 458 g/mol. The van der Waals surface area contributed by atoms with Gasteiger partial charge in [0.1, 0.15) is 15.9 Å². The third kappa shape index (κ3) is 3.59. The van der Waals surface area contributed by atoms with E-state index in [0.717, 1.165) is 20.8 Å². The van der Waals surface area contributed by atoms with Crippen molar-refractivity contribution in [3.05, 3.63) is 77.9 Å². The van der Waals surface area contributed by atoms with Gasteiger partial charge in [-0.15, -0.1) is 11.3 Å². The molecule has 7 nitrogen and oxygen atoms in total. The Bertz CT molecular complexity index is 1530. The maximum atomic E-state index is 12.8. The number of nitrogens with zero attached hydrogens (tertiary/aromatic N) is 2. The molecule has 9 heteroatoms. The molecular formula is C24H19N3O4S2. The molecule has 1 N–H and O–H groups in total. The number of amides is 2. The van der Waals surface area contributed by atoms with E-state index in [0.29, 0.717) is 9.99 Å². The minimum absolute atomic E-state index is 0.0764. The Balaban J connectivity index is 1.34. The van der Waals surface area contributed by atoms with E-state index < -0.39 is 27.9 Å². The van der Waals surface area contributed by atoms with Gasteiger partial charge in [-0.05, 0) is 67.9 Å². The average molecular weight is 478 g/mol. The molecule has 5 rings (SSSR count). The second-order valence-electron chi connectivity index (χ2n) is 7.83. The molecule has 166 valence electrons. The Kier molecular flexibility index (Phi) is 5.02. The fourth-order valence-electron chi connectivity index (χ4n) is 3.79. The number of aryl methyl sites for hydroxylation is 1. The number of carbonyl (C=O) groups is 2. The lowest BCUT2D eigenvalue weighted by Gasteiger charge is -2.22. The van der Waals surface area contributed by atoms with E-state index in [-0.39, 0.29) is 10.5 Å². The lowest BCUT2D eigenvalue weighted by molar-refractivity contribution is -0.118. The molecule has 0 radical (unpaired) electrons. The topological polar surface area (TPSA) is 96.4 Å². The van der Waals surface area contributed by atoms with Gasteiger partial charge in [0.2, 0.25) is 5.91 Å². The molecule has 2 amide bonds. The number of rotatable bonds is 4. The van der Waals surface area contributed by atoms with E-state index in [4.69, 9.17) is 0 Å². The van der Waals surface area contributed by atoms with Crippen LogP contribution >= 0.6 is 11.3 Å². The summed E-state index contributed by atoms with van der Waals surface area (Å²) in [7, 11) is -4.07. The summed E-state index contributed by atoms with van der Waals surface area (Å²) in [4.78, 5) is 30.1. The van der Waals surface area contributed by atoms with E-state index in [2.05, 4.69) is 16.4 Å². The molecule has 0 fully saturated rings. The number of carbonyl (C=O) groups excluding carboxylic acids is 2. The van der Waals surface area contributed by atoms with E-state index >= 15 is 0 Å². The van der Waals surface area contributed by atoms with E-state index in [9.17, 15) is 18.0 Å². The molecule has 33 heavy (non-hydrogen) atoms. The molecule has 0 bridgehead atoms. The van der Waals surface area contributed by atoms with Crippen molar-refractivity contribution in [3.63, 3.8) is 0 Å². The van der Waals surface area contributed by atoms with Gasteiger partial charge in [-0.1, -0.05) is 18.2 Å². The molecule has 0 aliphatic carbocycles. The molecule has 0 saturated heterocycles. The van der Waals surface area contributed by atoms with Crippen molar-refractivity contribution < 1.29 is 18.0 Å². The first-order valence-electron chi connectivity index (χ1n) is 10.2. The van der Waals surface area contributed by atoms with Crippen molar-refractivity contribution in [3.8, 4) is 10.6 Å². The summed E-state index contributed by atoms with van der Waals surface area (Å²) in [5.41, 5.74) is 3.59. The van der Waals surface area contributed by atoms with Crippen LogP contribution in [0.2, 0.25) is 0 Å². The van der Waals surface area contributed by atoms with Gasteiger partial charge in [0.05, 0.1) is 15.8 Å². The zero-order chi connectivity index (χ0) is 23.3. The first-order valence-corrected chi connectivity index (χ1v) is 12.5. The maximum absolute atomic E-state index is 12.8. The molecule has 1 aromatic heterocycles. The number of nitrogens with one attached hydrogen (secondary N) is 1. The standard InChI is InChI=1S/C24H19N3O4S2/c1-14-7-12-19-20(13-14)32-23(26-19)16-8-10-17(11-9-16)25-22(28)15(2)27-24(29)18-5-3-4-6-21(18)33(27,30)31/h3-13,15H,1-2H3,(H,25,28). The normalized spacial score (nSPS) is 15.5. The Labute approximate surface area is 194 Å². The van der Waals surface area contributed by atoms with Crippen LogP contribution in [-0.2, 0) is 14.8 Å². The number of aromatic nitrogens is 1. The summed E-state index contributed by atoms with van der Waals surface area (Å²) in [6.45, 7) is 3.44. The maximum Gasteiger partial charge on any atom is 0.269 e. The van der Waals surface area contributed by atoms with Crippen molar-refractivity contribution in [1.29, 1.82) is 0 Å². The molecule has 1 unspecified atom stereocenters. The van der Waals surface area contributed by atoms with Crippen molar-refractivity contribution in [2.75, 3.05) is 5.32 Å².